The minimum atomic E-state index is 0.583. The van der Waals surface area contributed by atoms with Crippen LogP contribution in [-0.2, 0) is 0 Å². The molecule has 0 amide bonds. The molecule has 0 N–H and O–H groups in total. The van der Waals surface area contributed by atoms with Crippen LogP contribution in [-0.4, -0.2) is 0 Å². The molecule has 2 fully saturated rings. The first-order valence-corrected chi connectivity index (χ1v) is 26.1. The van der Waals surface area contributed by atoms with Crippen LogP contribution < -0.4 is 9.80 Å². The summed E-state index contributed by atoms with van der Waals surface area (Å²) in [6, 6.07) is 39.9. The zero-order valence-electron chi connectivity index (χ0n) is 43.4. The summed E-state index contributed by atoms with van der Waals surface area (Å²) >= 11 is 0. The van der Waals surface area contributed by atoms with Gasteiger partial charge in [-0.25, -0.2) is 0 Å². The van der Waals surface area contributed by atoms with Gasteiger partial charge in [-0.1, -0.05) is 62.8 Å². The predicted molar refractivity (Wildman–Crippen MR) is 297 cm³/mol. The second kappa shape index (κ2) is 18.2. The number of fused-ring (bicyclic) bond motifs is 5. The lowest BCUT2D eigenvalue weighted by atomic mass is 9.82. The molecule has 0 unspecified atom stereocenters. The standard InChI is InChI=1S/C66H74N2/c1-39-27-55(28-40(2)47(39)9)67(56-29-41(3)48(10)42(4)30-56)65-37-61-60-26-24-54(52-21-17-14-18-22-52)36-64(60)66(38-62(61)59-25-23-53(35-63(59)65)51-19-15-13-16-20-51)68(57-31-43(5)49(11)44(6)32-57)58-33-45(7)50(12)46(8)34-58/h23-38,51-52H,13-22H2,1-12H3. The second-order valence-corrected chi connectivity index (χ2v) is 21.7. The highest BCUT2D eigenvalue weighted by molar-refractivity contribution is 6.25. The Labute approximate surface area is 408 Å². The summed E-state index contributed by atoms with van der Waals surface area (Å²) in [5, 5.41) is 7.90. The first-order chi connectivity index (χ1) is 32.7. The highest BCUT2D eigenvalue weighted by atomic mass is 15.2. The van der Waals surface area contributed by atoms with Crippen molar-refractivity contribution in [1.29, 1.82) is 0 Å². The van der Waals surface area contributed by atoms with Gasteiger partial charge in [0.25, 0.3) is 0 Å². The third-order valence-corrected chi connectivity index (χ3v) is 17.4. The second-order valence-electron chi connectivity index (χ2n) is 21.7. The molecule has 0 aliphatic heterocycles. The monoisotopic (exact) mass is 895 g/mol. The Bertz CT molecular complexity index is 2850. The van der Waals surface area contributed by atoms with Crippen LogP contribution in [0.4, 0.5) is 34.1 Å². The molecule has 2 aliphatic carbocycles. The van der Waals surface area contributed by atoms with Crippen LogP contribution in [0.25, 0.3) is 32.3 Å². The minimum Gasteiger partial charge on any atom is -0.310 e. The molecule has 0 bridgehead atoms. The Balaban J connectivity index is 1.36. The summed E-state index contributed by atoms with van der Waals surface area (Å²) in [5.74, 6) is 1.17. The number of hydrogen-bond acceptors (Lipinski definition) is 2. The maximum atomic E-state index is 2.61. The Morgan fingerprint density at radius 1 is 0.279 bits per heavy atom. The average molecular weight is 895 g/mol. The third-order valence-electron chi connectivity index (χ3n) is 17.4. The fraction of sp³-hybridized carbons (Fsp3) is 0.364. The van der Waals surface area contributed by atoms with Gasteiger partial charge in [0.05, 0.1) is 11.4 Å². The molecule has 0 spiro atoms. The fourth-order valence-corrected chi connectivity index (χ4v) is 12.2. The summed E-state index contributed by atoms with van der Waals surface area (Å²) in [6.07, 6.45) is 13.0. The molecular weight excluding hydrogens is 821 g/mol. The molecule has 0 saturated heterocycles. The molecule has 2 saturated carbocycles. The largest absolute Gasteiger partial charge is 0.310 e. The Morgan fingerprint density at radius 2 is 0.544 bits per heavy atom. The van der Waals surface area contributed by atoms with Gasteiger partial charge in [-0.3, -0.25) is 0 Å². The molecular formula is C66H74N2. The summed E-state index contributed by atoms with van der Waals surface area (Å²) in [6.45, 7) is 27.4. The van der Waals surface area contributed by atoms with Crippen molar-refractivity contribution >= 4 is 66.4 Å². The number of nitrogens with zero attached hydrogens (tertiary/aromatic N) is 2. The molecule has 0 radical (unpaired) electrons. The average Bonchev–Trinajstić information content (AvgIpc) is 3.33. The van der Waals surface area contributed by atoms with E-state index >= 15 is 0 Å². The molecule has 10 rings (SSSR count). The highest BCUT2D eigenvalue weighted by Gasteiger charge is 2.27. The van der Waals surface area contributed by atoms with Gasteiger partial charge in [0.2, 0.25) is 0 Å². The molecule has 68 heavy (non-hydrogen) atoms. The third kappa shape index (κ3) is 8.20. The van der Waals surface area contributed by atoms with E-state index in [1.165, 1.54) is 209 Å². The fourth-order valence-electron chi connectivity index (χ4n) is 12.2. The number of rotatable bonds is 8. The van der Waals surface area contributed by atoms with E-state index in [0.29, 0.717) is 11.8 Å². The van der Waals surface area contributed by atoms with Crippen LogP contribution in [0.1, 0.15) is 154 Å². The van der Waals surface area contributed by atoms with Crippen molar-refractivity contribution in [3.05, 3.63) is 175 Å². The molecule has 2 heteroatoms. The van der Waals surface area contributed by atoms with E-state index < -0.39 is 0 Å². The van der Waals surface area contributed by atoms with Crippen molar-refractivity contribution in [1.82, 2.24) is 0 Å². The van der Waals surface area contributed by atoms with E-state index in [0.717, 1.165) is 0 Å². The summed E-state index contributed by atoms with van der Waals surface area (Å²) in [5.41, 5.74) is 26.4. The van der Waals surface area contributed by atoms with Crippen molar-refractivity contribution in [3.63, 3.8) is 0 Å². The molecule has 0 heterocycles. The van der Waals surface area contributed by atoms with Gasteiger partial charge in [-0.2, -0.15) is 0 Å². The van der Waals surface area contributed by atoms with Crippen molar-refractivity contribution in [3.8, 4) is 0 Å². The van der Waals surface area contributed by atoms with Gasteiger partial charge in [0.1, 0.15) is 0 Å². The summed E-state index contributed by atoms with van der Waals surface area (Å²) in [7, 11) is 0. The SMILES string of the molecule is Cc1cc(N(c2cc(C)c(C)c(C)c2)c2cc3c4ccc(C5CCCCC5)cc4c(N(c4cc(C)c(C)c(C)c4)c4cc(C)c(C)c(C)c4)cc3c3ccc(C4CCCCC4)cc23)cc(C)c1C. The summed E-state index contributed by atoms with van der Waals surface area (Å²) < 4.78 is 0. The first kappa shape index (κ1) is 45.9. The molecule has 2 nitrogen and oxygen atoms in total. The Hall–Kier alpha value is -5.86. The van der Waals surface area contributed by atoms with Crippen molar-refractivity contribution < 1.29 is 0 Å². The van der Waals surface area contributed by atoms with Crippen LogP contribution >= 0.6 is 0 Å². The molecule has 0 atom stereocenters. The van der Waals surface area contributed by atoms with Gasteiger partial charge in [-0.05, 0) is 293 Å². The van der Waals surface area contributed by atoms with Crippen LogP contribution in [0.3, 0.4) is 0 Å². The van der Waals surface area contributed by atoms with E-state index in [2.05, 4.69) is 190 Å². The van der Waals surface area contributed by atoms with Gasteiger partial charge in [0, 0.05) is 33.5 Å². The minimum absolute atomic E-state index is 0.583. The normalized spacial score (nSPS) is 14.9. The zero-order chi connectivity index (χ0) is 47.7. The summed E-state index contributed by atoms with van der Waals surface area (Å²) in [4.78, 5) is 5.23. The van der Waals surface area contributed by atoms with E-state index in [1.807, 2.05) is 0 Å². The van der Waals surface area contributed by atoms with Crippen LogP contribution in [0, 0.1) is 83.1 Å². The van der Waals surface area contributed by atoms with E-state index in [-0.39, 0.29) is 0 Å². The smallest absolute Gasteiger partial charge is 0.0546 e. The highest BCUT2D eigenvalue weighted by Crippen LogP contribution is 2.51. The number of aryl methyl sites for hydroxylation is 8. The van der Waals surface area contributed by atoms with Crippen LogP contribution in [0.2, 0.25) is 0 Å². The van der Waals surface area contributed by atoms with Crippen molar-refractivity contribution in [2.75, 3.05) is 9.80 Å². The van der Waals surface area contributed by atoms with Gasteiger partial charge in [0.15, 0.2) is 0 Å². The first-order valence-electron chi connectivity index (χ1n) is 26.1. The Morgan fingerprint density at radius 3 is 0.809 bits per heavy atom. The Kier molecular flexibility index (Phi) is 12.3. The predicted octanol–water partition coefficient (Wildman–Crippen LogP) is 19.9. The van der Waals surface area contributed by atoms with E-state index in [1.54, 1.807) is 0 Å². The lowest BCUT2D eigenvalue weighted by molar-refractivity contribution is 0.444. The molecule has 348 valence electrons. The number of anilines is 6. The molecule has 8 aromatic carbocycles. The van der Waals surface area contributed by atoms with Gasteiger partial charge in [-0.15, -0.1) is 0 Å². The quantitative estimate of drug-likeness (QED) is 0.140. The molecule has 8 aromatic rings. The molecule has 0 aromatic heterocycles. The van der Waals surface area contributed by atoms with Gasteiger partial charge < -0.3 is 9.80 Å². The van der Waals surface area contributed by atoms with E-state index in [4.69, 9.17) is 0 Å². The van der Waals surface area contributed by atoms with Crippen molar-refractivity contribution in [2.45, 2.75) is 159 Å². The lowest BCUT2D eigenvalue weighted by Crippen LogP contribution is -2.14. The number of benzene rings is 8. The topological polar surface area (TPSA) is 6.48 Å². The van der Waals surface area contributed by atoms with E-state index in [9.17, 15) is 0 Å². The van der Waals surface area contributed by atoms with Crippen molar-refractivity contribution in [2.24, 2.45) is 0 Å². The zero-order valence-corrected chi connectivity index (χ0v) is 43.4. The molecule has 2 aliphatic rings. The van der Waals surface area contributed by atoms with Gasteiger partial charge >= 0.3 is 0 Å². The maximum absolute atomic E-state index is 2.61. The number of hydrogen-bond donors (Lipinski definition) is 0. The lowest BCUT2D eigenvalue weighted by Gasteiger charge is -2.32. The maximum Gasteiger partial charge on any atom is 0.0546 e. The van der Waals surface area contributed by atoms with Crippen LogP contribution in [0.5, 0.6) is 0 Å². The van der Waals surface area contributed by atoms with Crippen LogP contribution in [0.15, 0.2) is 97.1 Å².